The van der Waals surface area contributed by atoms with Crippen LogP contribution in [0, 0.1) is 0 Å². The largest absolute Gasteiger partial charge is 0.254 e. The zero-order chi connectivity index (χ0) is 14.2. The van der Waals surface area contributed by atoms with Crippen LogP contribution in [0.2, 0.25) is 0 Å². The molecule has 0 amide bonds. The van der Waals surface area contributed by atoms with Gasteiger partial charge in [0.2, 0.25) is 0 Å². The van der Waals surface area contributed by atoms with Gasteiger partial charge in [-0.15, -0.1) is 0 Å². The Bertz CT molecular complexity index is 946. The molecule has 0 N–H and O–H groups in total. The summed E-state index contributed by atoms with van der Waals surface area (Å²) >= 11 is 3.45. The van der Waals surface area contributed by atoms with Crippen molar-refractivity contribution in [2.24, 2.45) is 0 Å². The Hall–Kier alpha value is -2.26. The van der Waals surface area contributed by atoms with Crippen molar-refractivity contribution in [3.8, 4) is 11.3 Å². The number of nitrogens with zero attached hydrogens (tertiary/aromatic N) is 2. The number of aromatic nitrogens is 2. The topological polar surface area (TPSA) is 25.8 Å². The minimum atomic E-state index is 0.925. The smallest absolute Gasteiger partial charge is 0.0899 e. The molecule has 0 saturated carbocycles. The molecule has 0 fully saturated rings. The van der Waals surface area contributed by atoms with E-state index in [2.05, 4.69) is 51.2 Å². The quantitative estimate of drug-likeness (QED) is 0.446. The van der Waals surface area contributed by atoms with Crippen molar-refractivity contribution in [3.63, 3.8) is 0 Å². The summed E-state index contributed by atoms with van der Waals surface area (Å²) in [5, 5.41) is 2.28. The number of benzene rings is 2. The van der Waals surface area contributed by atoms with Crippen molar-refractivity contribution in [1.29, 1.82) is 0 Å². The van der Waals surface area contributed by atoms with Crippen molar-refractivity contribution in [2.45, 2.75) is 0 Å². The molecule has 4 aromatic rings. The highest BCUT2D eigenvalue weighted by atomic mass is 79.9. The second-order valence-electron chi connectivity index (χ2n) is 4.91. The highest BCUT2D eigenvalue weighted by Crippen LogP contribution is 2.26. The van der Waals surface area contributed by atoms with Crippen molar-refractivity contribution < 1.29 is 0 Å². The summed E-state index contributed by atoms with van der Waals surface area (Å²) < 4.78 is 1.07. The number of rotatable bonds is 1. The molecule has 21 heavy (non-hydrogen) atoms. The van der Waals surface area contributed by atoms with Crippen LogP contribution >= 0.6 is 15.9 Å². The van der Waals surface area contributed by atoms with Crippen LogP contribution < -0.4 is 0 Å². The zero-order valence-electron chi connectivity index (χ0n) is 11.1. The standard InChI is InChI=1S/C18H11BrN2/c19-13-7-5-12(6-8-13)16-10-9-15-14-3-1-2-4-17(14)20-11-18(15)21-16/h1-11H. The molecule has 4 rings (SSSR count). The fourth-order valence-corrected chi connectivity index (χ4v) is 2.79. The first-order valence-electron chi connectivity index (χ1n) is 6.72. The Morgan fingerprint density at radius 2 is 1.48 bits per heavy atom. The van der Waals surface area contributed by atoms with Crippen LogP contribution in [0.4, 0.5) is 0 Å². The van der Waals surface area contributed by atoms with E-state index in [0.717, 1.165) is 37.5 Å². The van der Waals surface area contributed by atoms with Gasteiger partial charge in [-0.05, 0) is 30.3 Å². The van der Waals surface area contributed by atoms with Gasteiger partial charge in [0.15, 0.2) is 0 Å². The van der Waals surface area contributed by atoms with Crippen molar-refractivity contribution >= 4 is 37.7 Å². The maximum atomic E-state index is 4.75. The van der Waals surface area contributed by atoms with Gasteiger partial charge in [0.25, 0.3) is 0 Å². The van der Waals surface area contributed by atoms with E-state index in [4.69, 9.17) is 4.98 Å². The molecular formula is C18H11BrN2. The third kappa shape index (κ3) is 2.20. The summed E-state index contributed by atoms with van der Waals surface area (Å²) in [6.45, 7) is 0. The molecule has 100 valence electrons. The molecule has 3 heteroatoms. The Morgan fingerprint density at radius 1 is 0.714 bits per heavy atom. The lowest BCUT2D eigenvalue weighted by atomic mass is 10.1. The summed E-state index contributed by atoms with van der Waals surface area (Å²) in [6, 6.07) is 20.5. The van der Waals surface area contributed by atoms with Gasteiger partial charge < -0.3 is 0 Å². The summed E-state index contributed by atoms with van der Waals surface area (Å²) in [7, 11) is 0. The molecule has 2 nitrogen and oxygen atoms in total. The third-order valence-electron chi connectivity index (χ3n) is 3.58. The van der Waals surface area contributed by atoms with E-state index < -0.39 is 0 Å². The van der Waals surface area contributed by atoms with Gasteiger partial charge in [0.1, 0.15) is 0 Å². The monoisotopic (exact) mass is 334 g/mol. The number of hydrogen-bond acceptors (Lipinski definition) is 2. The Balaban J connectivity index is 1.94. The third-order valence-corrected chi connectivity index (χ3v) is 4.11. The van der Waals surface area contributed by atoms with Crippen LogP contribution in [0.15, 0.2) is 71.3 Å². The molecule has 0 bridgehead atoms. The first-order valence-corrected chi connectivity index (χ1v) is 7.51. The molecular weight excluding hydrogens is 324 g/mol. The van der Waals surface area contributed by atoms with Crippen LogP contribution in [0.3, 0.4) is 0 Å². The average molecular weight is 335 g/mol. The molecule has 2 heterocycles. The van der Waals surface area contributed by atoms with Crippen LogP contribution in [0.1, 0.15) is 0 Å². The van der Waals surface area contributed by atoms with Crippen LogP contribution in [-0.4, -0.2) is 9.97 Å². The summed E-state index contributed by atoms with van der Waals surface area (Å²) in [4.78, 5) is 9.24. The minimum absolute atomic E-state index is 0.925. The summed E-state index contributed by atoms with van der Waals surface area (Å²) in [5.74, 6) is 0. The Morgan fingerprint density at radius 3 is 2.33 bits per heavy atom. The second-order valence-corrected chi connectivity index (χ2v) is 5.83. The molecule has 2 aromatic heterocycles. The van der Waals surface area contributed by atoms with Gasteiger partial charge >= 0.3 is 0 Å². The Labute approximate surface area is 130 Å². The van der Waals surface area contributed by atoms with E-state index in [-0.39, 0.29) is 0 Å². The summed E-state index contributed by atoms with van der Waals surface area (Å²) in [5.41, 5.74) is 4.00. The first kappa shape index (κ1) is 12.5. The zero-order valence-corrected chi connectivity index (χ0v) is 12.7. The van der Waals surface area contributed by atoms with Crippen LogP contribution in [-0.2, 0) is 0 Å². The molecule has 0 aliphatic carbocycles. The predicted molar refractivity (Wildman–Crippen MR) is 90.2 cm³/mol. The van der Waals surface area contributed by atoms with Crippen molar-refractivity contribution in [1.82, 2.24) is 9.97 Å². The van der Waals surface area contributed by atoms with Gasteiger partial charge in [-0.25, -0.2) is 4.98 Å². The van der Waals surface area contributed by atoms with E-state index in [1.54, 1.807) is 0 Å². The van der Waals surface area contributed by atoms with Crippen molar-refractivity contribution in [2.75, 3.05) is 0 Å². The van der Waals surface area contributed by atoms with Crippen LogP contribution in [0.25, 0.3) is 33.1 Å². The molecule has 2 aromatic carbocycles. The lowest BCUT2D eigenvalue weighted by Gasteiger charge is -2.06. The molecule has 0 radical (unpaired) electrons. The van der Waals surface area contributed by atoms with Gasteiger partial charge in [0, 0.05) is 20.8 Å². The van der Waals surface area contributed by atoms with Gasteiger partial charge in [0.05, 0.1) is 22.9 Å². The first-order chi connectivity index (χ1) is 10.3. The fourth-order valence-electron chi connectivity index (χ4n) is 2.53. The summed E-state index contributed by atoms with van der Waals surface area (Å²) in [6.07, 6.45) is 1.85. The van der Waals surface area contributed by atoms with E-state index in [0.29, 0.717) is 0 Å². The lowest BCUT2D eigenvalue weighted by molar-refractivity contribution is 1.35. The number of hydrogen-bond donors (Lipinski definition) is 0. The van der Waals surface area contributed by atoms with E-state index in [1.807, 2.05) is 36.5 Å². The van der Waals surface area contributed by atoms with Gasteiger partial charge in [-0.1, -0.05) is 46.3 Å². The number of halogens is 1. The van der Waals surface area contributed by atoms with Gasteiger partial charge in [-0.2, -0.15) is 0 Å². The molecule has 0 atom stereocenters. The lowest BCUT2D eigenvalue weighted by Crippen LogP contribution is -1.88. The average Bonchev–Trinajstić information content (AvgIpc) is 2.55. The van der Waals surface area contributed by atoms with E-state index in [1.165, 1.54) is 0 Å². The Kier molecular flexibility index (Phi) is 2.93. The van der Waals surface area contributed by atoms with E-state index >= 15 is 0 Å². The normalized spacial score (nSPS) is 11.1. The minimum Gasteiger partial charge on any atom is -0.254 e. The predicted octanol–water partition coefficient (Wildman–Crippen LogP) is 5.21. The number of fused-ring (bicyclic) bond motifs is 3. The molecule has 0 spiro atoms. The molecule has 0 unspecified atom stereocenters. The van der Waals surface area contributed by atoms with Gasteiger partial charge in [-0.3, -0.25) is 4.98 Å². The SMILES string of the molecule is Brc1ccc(-c2ccc3c(cnc4ccccc43)n2)cc1. The highest BCUT2D eigenvalue weighted by molar-refractivity contribution is 9.10. The fraction of sp³-hybridized carbons (Fsp3) is 0. The van der Waals surface area contributed by atoms with E-state index in [9.17, 15) is 0 Å². The number of pyridine rings is 2. The second kappa shape index (κ2) is 4.93. The number of para-hydroxylation sites is 1. The maximum Gasteiger partial charge on any atom is 0.0899 e. The molecule has 0 aliphatic rings. The maximum absolute atomic E-state index is 4.75. The van der Waals surface area contributed by atoms with Crippen LogP contribution in [0.5, 0.6) is 0 Å². The highest BCUT2D eigenvalue weighted by Gasteiger charge is 2.05. The van der Waals surface area contributed by atoms with Crippen molar-refractivity contribution in [3.05, 3.63) is 71.3 Å². The molecule has 0 aliphatic heterocycles. The molecule has 0 saturated heterocycles.